The molecule has 1 heterocycles. The Morgan fingerprint density at radius 2 is 1.32 bits per heavy atom. The Labute approximate surface area is 197 Å². The molecule has 3 aromatic carbocycles. The van der Waals surface area contributed by atoms with Gasteiger partial charge < -0.3 is 14.9 Å². The molecular weight excluding hydrogens is 430 g/mol. The van der Waals surface area contributed by atoms with Gasteiger partial charge in [0.25, 0.3) is 5.91 Å². The highest BCUT2D eigenvalue weighted by atomic mass is 16.4. The van der Waals surface area contributed by atoms with Crippen molar-refractivity contribution in [3.05, 3.63) is 96.6 Å². The summed E-state index contributed by atoms with van der Waals surface area (Å²) in [5.41, 5.74) is 1.94. The minimum absolute atomic E-state index is 0.0741. The van der Waals surface area contributed by atoms with Crippen LogP contribution in [-0.4, -0.2) is 58.5 Å². The number of rotatable bonds is 3. The molecule has 0 aromatic heterocycles. The van der Waals surface area contributed by atoms with Crippen molar-refractivity contribution < 1.29 is 19.5 Å². The average molecular weight is 453 g/mol. The monoisotopic (exact) mass is 453 g/mol. The van der Waals surface area contributed by atoms with Crippen LogP contribution >= 0.6 is 0 Å². The van der Waals surface area contributed by atoms with Crippen LogP contribution in [0.1, 0.15) is 5.56 Å². The number of piperazine rings is 1. The normalized spacial score (nSPS) is 15.1. The van der Waals surface area contributed by atoms with Crippen molar-refractivity contribution in [3.8, 4) is 11.8 Å². The molecule has 1 fully saturated rings. The number of hydrogen-bond donors (Lipinski definition) is 1. The molecule has 0 unspecified atom stereocenters. The van der Waals surface area contributed by atoms with Gasteiger partial charge in [-0.25, -0.2) is 9.59 Å². The lowest BCUT2D eigenvalue weighted by Crippen LogP contribution is -2.61. The lowest BCUT2D eigenvalue weighted by Gasteiger charge is -2.40. The predicted octanol–water partition coefficient (Wildman–Crippen LogP) is 3.59. The Bertz CT molecular complexity index is 1180. The zero-order chi connectivity index (χ0) is 23.9. The van der Waals surface area contributed by atoms with Crippen LogP contribution in [-0.2, 0) is 9.59 Å². The minimum Gasteiger partial charge on any atom is -0.480 e. The Morgan fingerprint density at radius 1 is 0.794 bits per heavy atom. The minimum atomic E-state index is -1.20. The number of amides is 3. The van der Waals surface area contributed by atoms with E-state index < -0.39 is 23.9 Å². The summed E-state index contributed by atoms with van der Waals surface area (Å²) in [5, 5.41) is 9.90. The van der Waals surface area contributed by atoms with E-state index in [1.165, 1.54) is 14.7 Å². The molecule has 0 radical (unpaired) electrons. The highest BCUT2D eigenvalue weighted by molar-refractivity contribution is 6.01. The number of urea groups is 1. The molecule has 7 heteroatoms. The summed E-state index contributed by atoms with van der Waals surface area (Å²) in [5.74, 6) is 3.74. The molecular formula is C27H23N3O4. The first-order valence-corrected chi connectivity index (χ1v) is 10.8. The third-order valence-electron chi connectivity index (χ3n) is 5.51. The summed E-state index contributed by atoms with van der Waals surface area (Å²) < 4.78 is 0. The molecule has 1 saturated heterocycles. The number of para-hydroxylation sites is 2. The van der Waals surface area contributed by atoms with E-state index in [-0.39, 0.29) is 19.6 Å². The zero-order valence-electron chi connectivity index (χ0n) is 18.4. The fraction of sp³-hybridized carbons (Fsp3) is 0.148. The van der Waals surface area contributed by atoms with Gasteiger partial charge in [0.1, 0.15) is 6.04 Å². The Morgan fingerprint density at radius 3 is 1.85 bits per heavy atom. The van der Waals surface area contributed by atoms with E-state index >= 15 is 0 Å². The van der Waals surface area contributed by atoms with Crippen molar-refractivity contribution in [1.29, 1.82) is 0 Å². The lowest BCUT2D eigenvalue weighted by atomic mass is 10.1. The lowest BCUT2D eigenvalue weighted by molar-refractivity contribution is -0.145. The number of carbonyl (C=O) groups excluding carboxylic acids is 2. The second-order valence-electron chi connectivity index (χ2n) is 7.70. The maximum atomic E-state index is 13.7. The van der Waals surface area contributed by atoms with Crippen LogP contribution in [0.2, 0.25) is 0 Å². The van der Waals surface area contributed by atoms with Gasteiger partial charge in [-0.15, -0.1) is 0 Å². The van der Waals surface area contributed by atoms with Crippen LogP contribution in [0.3, 0.4) is 0 Å². The topological polar surface area (TPSA) is 81.2 Å². The van der Waals surface area contributed by atoms with Gasteiger partial charge in [0.2, 0.25) is 0 Å². The van der Waals surface area contributed by atoms with Crippen LogP contribution in [0.4, 0.5) is 16.2 Å². The highest BCUT2D eigenvalue weighted by Crippen LogP contribution is 2.28. The van der Waals surface area contributed by atoms with E-state index in [4.69, 9.17) is 0 Å². The fourth-order valence-electron chi connectivity index (χ4n) is 3.79. The van der Waals surface area contributed by atoms with E-state index in [9.17, 15) is 19.5 Å². The van der Waals surface area contributed by atoms with Gasteiger partial charge in [-0.3, -0.25) is 9.69 Å². The van der Waals surface area contributed by atoms with E-state index in [1.54, 1.807) is 36.4 Å². The van der Waals surface area contributed by atoms with Crippen molar-refractivity contribution >= 4 is 29.3 Å². The number of carboxylic acid groups (broad SMARTS) is 1. The maximum absolute atomic E-state index is 13.7. The SMILES string of the molecule is O=C(O)[C@@H]1CN(C(=O)C#Cc2ccccc2)CCN1C(=O)N(c1ccccc1)c1ccccc1. The number of hydrogen-bond acceptors (Lipinski definition) is 3. The van der Waals surface area contributed by atoms with Crippen LogP contribution in [0.5, 0.6) is 0 Å². The zero-order valence-corrected chi connectivity index (χ0v) is 18.4. The molecule has 4 rings (SSSR count). The Kier molecular flexibility index (Phi) is 6.89. The smallest absolute Gasteiger partial charge is 0.329 e. The molecule has 1 aliphatic rings. The molecule has 34 heavy (non-hydrogen) atoms. The van der Waals surface area contributed by atoms with Crippen LogP contribution in [0, 0.1) is 11.8 Å². The first kappa shape index (κ1) is 22.6. The van der Waals surface area contributed by atoms with Crippen molar-refractivity contribution in [3.63, 3.8) is 0 Å². The fourth-order valence-corrected chi connectivity index (χ4v) is 3.79. The summed E-state index contributed by atoms with van der Waals surface area (Å²) >= 11 is 0. The quantitative estimate of drug-likeness (QED) is 0.615. The van der Waals surface area contributed by atoms with E-state index in [0.29, 0.717) is 16.9 Å². The molecule has 170 valence electrons. The number of anilines is 2. The van der Waals surface area contributed by atoms with Crippen LogP contribution < -0.4 is 4.90 Å². The van der Waals surface area contributed by atoms with Crippen LogP contribution in [0.15, 0.2) is 91.0 Å². The summed E-state index contributed by atoms with van der Waals surface area (Å²) in [4.78, 5) is 42.6. The summed E-state index contributed by atoms with van der Waals surface area (Å²) in [7, 11) is 0. The van der Waals surface area contributed by atoms with Gasteiger partial charge in [0.05, 0.1) is 17.9 Å². The molecule has 3 aromatic rings. The first-order valence-electron chi connectivity index (χ1n) is 10.8. The first-order chi connectivity index (χ1) is 16.5. The van der Waals surface area contributed by atoms with E-state index in [0.717, 1.165) is 0 Å². The largest absolute Gasteiger partial charge is 0.480 e. The third-order valence-corrected chi connectivity index (χ3v) is 5.51. The number of carbonyl (C=O) groups is 3. The number of benzene rings is 3. The molecule has 1 aliphatic heterocycles. The van der Waals surface area contributed by atoms with Gasteiger partial charge in [0.15, 0.2) is 0 Å². The maximum Gasteiger partial charge on any atom is 0.329 e. The van der Waals surface area contributed by atoms with Crippen molar-refractivity contribution in [1.82, 2.24) is 9.80 Å². The Balaban J connectivity index is 1.57. The summed E-state index contributed by atoms with van der Waals surface area (Å²) in [6.45, 7) is 0.126. The van der Waals surface area contributed by atoms with Crippen molar-refractivity contribution in [2.24, 2.45) is 0 Å². The summed E-state index contributed by atoms with van der Waals surface area (Å²) in [6.07, 6.45) is 0. The number of nitrogens with zero attached hydrogens (tertiary/aromatic N) is 3. The second-order valence-corrected chi connectivity index (χ2v) is 7.70. The average Bonchev–Trinajstić information content (AvgIpc) is 2.89. The van der Waals surface area contributed by atoms with E-state index in [1.807, 2.05) is 54.6 Å². The molecule has 1 atom stereocenters. The molecule has 0 saturated carbocycles. The second kappa shape index (κ2) is 10.4. The number of aliphatic carboxylic acids is 1. The third kappa shape index (κ3) is 5.08. The van der Waals surface area contributed by atoms with Gasteiger partial charge in [-0.1, -0.05) is 60.5 Å². The van der Waals surface area contributed by atoms with Crippen molar-refractivity contribution in [2.75, 3.05) is 24.5 Å². The molecule has 0 spiro atoms. The standard InChI is InChI=1S/C27H23N3O4/c31-25(17-16-21-10-4-1-5-11-21)28-18-19-29(24(20-28)26(32)33)27(34)30(22-12-6-2-7-13-22)23-14-8-3-9-15-23/h1-15,24H,18-20H2,(H,32,33)/t24-/m0/s1. The molecule has 7 nitrogen and oxygen atoms in total. The van der Waals surface area contributed by atoms with Crippen molar-refractivity contribution in [2.45, 2.75) is 6.04 Å². The van der Waals surface area contributed by atoms with E-state index in [2.05, 4.69) is 11.8 Å². The molecule has 0 bridgehead atoms. The molecule has 3 amide bonds. The number of carboxylic acids is 1. The van der Waals surface area contributed by atoms with Gasteiger partial charge in [-0.2, -0.15) is 0 Å². The summed E-state index contributed by atoms with van der Waals surface area (Å²) in [6, 6.07) is 25.5. The van der Waals surface area contributed by atoms with Gasteiger partial charge in [-0.05, 0) is 36.4 Å². The van der Waals surface area contributed by atoms with Gasteiger partial charge in [0, 0.05) is 24.6 Å². The predicted molar refractivity (Wildman–Crippen MR) is 128 cm³/mol. The molecule has 1 N–H and O–H groups in total. The van der Waals surface area contributed by atoms with Crippen LogP contribution in [0.25, 0.3) is 0 Å². The highest BCUT2D eigenvalue weighted by Gasteiger charge is 2.39. The van der Waals surface area contributed by atoms with Gasteiger partial charge >= 0.3 is 12.0 Å². The molecule has 0 aliphatic carbocycles. The Hall–Kier alpha value is -4.57.